The average molecular weight is 464 g/mol. The van der Waals surface area contributed by atoms with Crippen LogP contribution in [0.3, 0.4) is 0 Å². The van der Waals surface area contributed by atoms with E-state index in [1.54, 1.807) is 18.2 Å². The van der Waals surface area contributed by atoms with Crippen LogP contribution in [0, 0.1) is 6.92 Å². The molecule has 0 fully saturated rings. The number of para-hydroxylation sites is 1. The van der Waals surface area contributed by atoms with Gasteiger partial charge in [-0.25, -0.2) is 4.98 Å². The van der Waals surface area contributed by atoms with Crippen molar-refractivity contribution in [3.05, 3.63) is 93.2 Å². The van der Waals surface area contributed by atoms with Crippen molar-refractivity contribution in [2.75, 3.05) is 11.1 Å². The summed E-state index contributed by atoms with van der Waals surface area (Å²) in [5.41, 5.74) is 3.86. The number of carbonyl (C=O) groups is 1. The van der Waals surface area contributed by atoms with Crippen LogP contribution in [-0.4, -0.2) is 21.2 Å². The van der Waals surface area contributed by atoms with Gasteiger partial charge in [0.25, 0.3) is 5.56 Å². The Morgan fingerprint density at radius 1 is 1.09 bits per heavy atom. The van der Waals surface area contributed by atoms with Crippen LogP contribution in [-0.2, 0) is 11.2 Å². The van der Waals surface area contributed by atoms with Crippen molar-refractivity contribution >= 4 is 45.9 Å². The SMILES string of the molecule is CCc1ccc(NC(=O)CSc2nc3ccccc3c(=O)n2-c2ccc(C)c(Cl)c2)cc1. The normalized spacial score (nSPS) is 11.0. The standard InChI is InChI=1S/C25H22ClN3O2S/c1-3-17-9-11-18(12-10-17)27-23(30)15-32-25-28-22-7-5-4-6-20(22)24(31)29(25)19-13-8-16(2)21(26)14-19/h4-14H,3,15H2,1-2H3,(H,27,30). The second-order valence-corrected chi connectivity index (χ2v) is 8.72. The van der Waals surface area contributed by atoms with E-state index in [9.17, 15) is 9.59 Å². The minimum atomic E-state index is -0.200. The number of nitrogens with zero attached hydrogens (tertiary/aromatic N) is 2. The Labute approximate surface area is 195 Å². The van der Waals surface area contributed by atoms with E-state index < -0.39 is 0 Å². The molecule has 0 bridgehead atoms. The summed E-state index contributed by atoms with van der Waals surface area (Å²) in [5.74, 6) is -0.0601. The molecular formula is C25H22ClN3O2S. The van der Waals surface area contributed by atoms with E-state index in [4.69, 9.17) is 11.6 Å². The number of aromatic nitrogens is 2. The van der Waals surface area contributed by atoms with Gasteiger partial charge in [0, 0.05) is 10.7 Å². The Morgan fingerprint density at radius 3 is 2.56 bits per heavy atom. The first kappa shape index (κ1) is 22.1. The summed E-state index contributed by atoms with van der Waals surface area (Å²) in [6.07, 6.45) is 0.943. The molecule has 162 valence electrons. The third-order valence-electron chi connectivity index (χ3n) is 5.14. The zero-order valence-electron chi connectivity index (χ0n) is 17.8. The van der Waals surface area contributed by atoms with Crippen molar-refractivity contribution in [2.24, 2.45) is 0 Å². The first-order valence-corrected chi connectivity index (χ1v) is 11.6. The van der Waals surface area contributed by atoms with Crippen LogP contribution in [0.4, 0.5) is 5.69 Å². The molecule has 4 aromatic rings. The van der Waals surface area contributed by atoms with Crippen LogP contribution >= 0.6 is 23.4 Å². The smallest absolute Gasteiger partial charge is 0.266 e. The van der Waals surface area contributed by atoms with E-state index in [0.29, 0.717) is 26.8 Å². The second-order valence-electron chi connectivity index (χ2n) is 7.37. The molecule has 3 aromatic carbocycles. The van der Waals surface area contributed by atoms with E-state index in [2.05, 4.69) is 17.2 Å². The molecule has 4 rings (SSSR count). The number of hydrogen-bond acceptors (Lipinski definition) is 4. The molecule has 0 radical (unpaired) electrons. The van der Waals surface area contributed by atoms with Gasteiger partial charge < -0.3 is 5.32 Å². The molecule has 0 aliphatic rings. The summed E-state index contributed by atoms with van der Waals surface area (Å²) in [7, 11) is 0. The predicted molar refractivity (Wildman–Crippen MR) is 132 cm³/mol. The summed E-state index contributed by atoms with van der Waals surface area (Å²) < 4.78 is 1.52. The molecule has 32 heavy (non-hydrogen) atoms. The number of fused-ring (bicyclic) bond motifs is 1. The molecule has 0 saturated heterocycles. The van der Waals surface area contributed by atoms with Crippen LogP contribution < -0.4 is 10.9 Å². The lowest BCUT2D eigenvalue weighted by Crippen LogP contribution is -2.23. The monoisotopic (exact) mass is 463 g/mol. The van der Waals surface area contributed by atoms with Crippen molar-refractivity contribution in [1.29, 1.82) is 0 Å². The molecule has 0 spiro atoms. The van der Waals surface area contributed by atoms with E-state index in [1.165, 1.54) is 21.9 Å². The first-order chi connectivity index (χ1) is 15.5. The maximum absolute atomic E-state index is 13.3. The summed E-state index contributed by atoms with van der Waals surface area (Å²) >= 11 is 7.53. The number of carbonyl (C=O) groups excluding carboxylic acids is 1. The summed E-state index contributed by atoms with van der Waals surface area (Å²) in [6.45, 7) is 3.99. The molecule has 1 amide bonds. The van der Waals surface area contributed by atoms with Gasteiger partial charge in [0.2, 0.25) is 5.91 Å². The lowest BCUT2D eigenvalue weighted by Gasteiger charge is -2.14. The highest BCUT2D eigenvalue weighted by atomic mass is 35.5. The summed E-state index contributed by atoms with van der Waals surface area (Å²) in [4.78, 5) is 30.5. The highest BCUT2D eigenvalue weighted by Gasteiger charge is 2.15. The first-order valence-electron chi connectivity index (χ1n) is 10.3. The summed E-state index contributed by atoms with van der Waals surface area (Å²) in [6, 6.07) is 20.4. The maximum atomic E-state index is 13.3. The van der Waals surface area contributed by atoms with Gasteiger partial charge in [-0.1, -0.05) is 60.6 Å². The number of anilines is 1. The molecule has 1 aromatic heterocycles. The van der Waals surface area contributed by atoms with Crippen molar-refractivity contribution < 1.29 is 4.79 Å². The van der Waals surface area contributed by atoms with Crippen molar-refractivity contribution in [3.8, 4) is 5.69 Å². The Bertz CT molecular complexity index is 1350. The largest absolute Gasteiger partial charge is 0.325 e. The number of thioether (sulfide) groups is 1. The van der Waals surface area contributed by atoms with Gasteiger partial charge in [-0.3, -0.25) is 14.2 Å². The maximum Gasteiger partial charge on any atom is 0.266 e. The minimum Gasteiger partial charge on any atom is -0.325 e. The Hall–Kier alpha value is -3.09. The van der Waals surface area contributed by atoms with Crippen LogP contribution in [0.15, 0.2) is 76.7 Å². The molecule has 0 aliphatic carbocycles. The number of aryl methyl sites for hydroxylation is 2. The van der Waals surface area contributed by atoms with Gasteiger partial charge in [0.1, 0.15) is 0 Å². The molecule has 1 heterocycles. The van der Waals surface area contributed by atoms with Gasteiger partial charge in [-0.15, -0.1) is 0 Å². The van der Waals surface area contributed by atoms with E-state index >= 15 is 0 Å². The highest BCUT2D eigenvalue weighted by molar-refractivity contribution is 7.99. The molecule has 1 N–H and O–H groups in total. The van der Waals surface area contributed by atoms with Crippen LogP contribution in [0.25, 0.3) is 16.6 Å². The summed E-state index contributed by atoms with van der Waals surface area (Å²) in [5, 5.41) is 4.40. The number of benzene rings is 3. The lowest BCUT2D eigenvalue weighted by molar-refractivity contribution is -0.113. The highest BCUT2D eigenvalue weighted by Crippen LogP contribution is 2.25. The fourth-order valence-electron chi connectivity index (χ4n) is 3.31. The molecule has 0 aliphatic heterocycles. The number of halogens is 1. The molecule has 0 saturated carbocycles. The minimum absolute atomic E-state index is 0.111. The Morgan fingerprint density at radius 2 is 1.84 bits per heavy atom. The number of amides is 1. The molecule has 7 heteroatoms. The predicted octanol–water partition coefficient (Wildman–Crippen LogP) is 5.64. The van der Waals surface area contributed by atoms with Crippen molar-refractivity contribution in [1.82, 2.24) is 9.55 Å². The number of rotatable bonds is 6. The second kappa shape index (κ2) is 9.59. The molecule has 0 unspecified atom stereocenters. The van der Waals surface area contributed by atoms with Gasteiger partial charge in [0.05, 0.1) is 22.3 Å². The Kier molecular flexibility index (Phi) is 6.63. The van der Waals surface area contributed by atoms with E-state index in [0.717, 1.165) is 17.7 Å². The van der Waals surface area contributed by atoms with E-state index in [-0.39, 0.29) is 17.2 Å². The van der Waals surface area contributed by atoms with E-state index in [1.807, 2.05) is 55.5 Å². The van der Waals surface area contributed by atoms with Gasteiger partial charge in [0.15, 0.2) is 5.16 Å². The third-order valence-corrected chi connectivity index (χ3v) is 6.48. The molecule has 5 nitrogen and oxygen atoms in total. The van der Waals surface area contributed by atoms with Crippen LogP contribution in [0.2, 0.25) is 5.02 Å². The topological polar surface area (TPSA) is 64.0 Å². The zero-order chi connectivity index (χ0) is 22.7. The fraction of sp³-hybridized carbons (Fsp3) is 0.160. The van der Waals surface area contributed by atoms with Crippen LogP contribution in [0.1, 0.15) is 18.1 Å². The lowest BCUT2D eigenvalue weighted by atomic mass is 10.1. The number of nitrogens with one attached hydrogen (secondary N) is 1. The van der Waals surface area contributed by atoms with Gasteiger partial charge in [-0.05, 0) is 60.9 Å². The van der Waals surface area contributed by atoms with Crippen molar-refractivity contribution in [2.45, 2.75) is 25.4 Å². The van der Waals surface area contributed by atoms with Gasteiger partial charge in [-0.2, -0.15) is 0 Å². The molecule has 0 atom stereocenters. The third kappa shape index (κ3) is 4.71. The molecular weight excluding hydrogens is 442 g/mol. The quantitative estimate of drug-likeness (QED) is 0.297. The number of hydrogen-bond donors (Lipinski definition) is 1. The van der Waals surface area contributed by atoms with Gasteiger partial charge >= 0.3 is 0 Å². The zero-order valence-corrected chi connectivity index (χ0v) is 19.3. The fourth-order valence-corrected chi connectivity index (χ4v) is 4.30. The van der Waals surface area contributed by atoms with Crippen LogP contribution in [0.5, 0.6) is 0 Å². The Balaban J connectivity index is 1.65. The average Bonchev–Trinajstić information content (AvgIpc) is 2.80. The van der Waals surface area contributed by atoms with Crippen molar-refractivity contribution in [3.63, 3.8) is 0 Å².